The van der Waals surface area contributed by atoms with Crippen molar-refractivity contribution in [1.82, 2.24) is 15.5 Å². The van der Waals surface area contributed by atoms with Crippen molar-refractivity contribution in [2.24, 2.45) is 10.9 Å². The summed E-state index contributed by atoms with van der Waals surface area (Å²) in [6.07, 6.45) is -1.87. The van der Waals surface area contributed by atoms with E-state index >= 15 is 0 Å². The first-order valence-corrected chi connectivity index (χ1v) is 9.92. The average molecular weight is 528 g/mol. The normalized spacial score (nSPS) is 18.1. The van der Waals surface area contributed by atoms with Crippen molar-refractivity contribution < 1.29 is 17.9 Å². The van der Waals surface area contributed by atoms with Crippen molar-refractivity contribution >= 4 is 29.9 Å². The molecule has 29 heavy (non-hydrogen) atoms. The zero-order valence-electron chi connectivity index (χ0n) is 17.1. The van der Waals surface area contributed by atoms with Gasteiger partial charge >= 0.3 is 6.18 Å². The summed E-state index contributed by atoms with van der Waals surface area (Å²) in [6.45, 7) is 8.41. The van der Waals surface area contributed by atoms with Gasteiger partial charge in [0.15, 0.2) is 12.6 Å². The molecule has 1 fully saturated rings. The highest BCUT2D eigenvalue weighted by molar-refractivity contribution is 14.0. The summed E-state index contributed by atoms with van der Waals surface area (Å²) in [5, 5.41) is 6.66. The molecule has 166 valence electrons. The molecular weight excluding hydrogens is 496 g/mol. The number of likely N-dealkylation sites (tertiary alicyclic amines) is 1. The number of ether oxygens (including phenoxy) is 1. The molecule has 5 nitrogen and oxygen atoms in total. The van der Waals surface area contributed by atoms with Crippen LogP contribution in [0.25, 0.3) is 0 Å². The van der Waals surface area contributed by atoms with Crippen molar-refractivity contribution in [3.05, 3.63) is 29.8 Å². The van der Waals surface area contributed by atoms with Crippen LogP contribution >= 0.6 is 24.0 Å². The zero-order valence-corrected chi connectivity index (χ0v) is 19.4. The highest BCUT2D eigenvalue weighted by Gasteiger charge is 2.28. The van der Waals surface area contributed by atoms with Crippen LogP contribution in [0, 0.1) is 5.92 Å². The minimum atomic E-state index is -4.33. The molecule has 0 amide bonds. The van der Waals surface area contributed by atoms with Crippen LogP contribution in [0.15, 0.2) is 29.3 Å². The molecule has 0 spiro atoms. The van der Waals surface area contributed by atoms with Gasteiger partial charge in [0.05, 0.1) is 6.54 Å². The van der Waals surface area contributed by atoms with Gasteiger partial charge in [0, 0.05) is 19.6 Å². The fourth-order valence-electron chi connectivity index (χ4n) is 3.21. The molecule has 2 N–H and O–H groups in total. The van der Waals surface area contributed by atoms with Crippen molar-refractivity contribution in [3.8, 4) is 5.75 Å². The van der Waals surface area contributed by atoms with Gasteiger partial charge in [-0.15, -0.1) is 24.0 Å². The van der Waals surface area contributed by atoms with E-state index in [1.807, 2.05) is 6.92 Å². The lowest BCUT2D eigenvalue weighted by molar-refractivity contribution is -0.153. The number of benzene rings is 1. The Labute approximate surface area is 188 Å². The zero-order chi connectivity index (χ0) is 20.4. The lowest BCUT2D eigenvalue weighted by atomic mass is 9.98. The Bertz CT molecular complexity index is 611. The van der Waals surface area contributed by atoms with E-state index in [1.54, 1.807) is 12.1 Å². The van der Waals surface area contributed by atoms with Crippen LogP contribution in [-0.2, 0) is 6.54 Å². The fraction of sp³-hybridized carbons (Fsp3) is 0.650. The van der Waals surface area contributed by atoms with Gasteiger partial charge in [-0.05, 0) is 56.5 Å². The van der Waals surface area contributed by atoms with Crippen molar-refractivity contribution in [2.75, 3.05) is 39.3 Å². The molecule has 1 saturated heterocycles. The third kappa shape index (κ3) is 10.4. The Kier molecular flexibility index (Phi) is 11.7. The highest BCUT2D eigenvalue weighted by atomic mass is 127. The summed E-state index contributed by atoms with van der Waals surface area (Å²) in [5.74, 6) is 1.57. The molecule has 0 bridgehead atoms. The Morgan fingerprint density at radius 2 is 1.93 bits per heavy atom. The lowest BCUT2D eigenvalue weighted by Gasteiger charge is -2.32. The average Bonchev–Trinajstić information content (AvgIpc) is 2.69. The predicted octanol–water partition coefficient (Wildman–Crippen LogP) is 4.03. The van der Waals surface area contributed by atoms with E-state index in [1.165, 1.54) is 31.5 Å². The van der Waals surface area contributed by atoms with Gasteiger partial charge in [-0.3, -0.25) is 0 Å². The second-order valence-electron chi connectivity index (χ2n) is 7.03. The molecule has 1 unspecified atom stereocenters. The molecule has 1 aromatic rings. The molecule has 1 aliphatic heterocycles. The van der Waals surface area contributed by atoms with E-state index < -0.39 is 12.8 Å². The molecule has 1 aromatic carbocycles. The number of piperidine rings is 1. The standard InChI is InChI=1S/C20H31F3N4O.HI/c1-3-24-19(26-13-17-6-5-11-27(4-2)14-17)25-12-16-7-9-18(10-8-16)28-15-20(21,22)23;/h7-10,17H,3-6,11-15H2,1-2H3,(H2,24,25,26);1H. The first-order chi connectivity index (χ1) is 13.4. The summed E-state index contributed by atoms with van der Waals surface area (Å²) in [5.41, 5.74) is 0.909. The van der Waals surface area contributed by atoms with Gasteiger partial charge < -0.3 is 20.3 Å². The van der Waals surface area contributed by atoms with E-state index in [4.69, 9.17) is 4.74 Å². The van der Waals surface area contributed by atoms with Gasteiger partial charge in [-0.2, -0.15) is 13.2 Å². The smallest absolute Gasteiger partial charge is 0.422 e. The molecular formula is C20H32F3IN4O. The van der Waals surface area contributed by atoms with E-state index in [-0.39, 0.29) is 29.7 Å². The molecule has 0 radical (unpaired) electrons. The predicted molar refractivity (Wildman–Crippen MR) is 121 cm³/mol. The van der Waals surface area contributed by atoms with E-state index in [0.29, 0.717) is 12.5 Å². The molecule has 1 atom stereocenters. The molecule has 9 heteroatoms. The largest absolute Gasteiger partial charge is 0.484 e. The number of nitrogens with one attached hydrogen (secondary N) is 2. The summed E-state index contributed by atoms with van der Waals surface area (Å²) < 4.78 is 41.3. The number of hydrogen-bond acceptors (Lipinski definition) is 3. The van der Waals surface area contributed by atoms with Crippen molar-refractivity contribution in [1.29, 1.82) is 0 Å². The molecule has 1 heterocycles. The van der Waals surface area contributed by atoms with E-state index in [0.717, 1.165) is 37.7 Å². The van der Waals surface area contributed by atoms with Gasteiger partial charge in [-0.1, -0.05) is 19.1 Å². The number of hydrogen-bond donors (Lipinski definition) is 2. The molecule has 0 aromatic heterocycles. The summed E-state index contributed by atoms with van der Waals surface area (Å²) in [4.78, 5) is 7.06. The topological polar surface area (TPSA) is 48.9 Å². The SMILES string of the molecule is CCNC(=NCc1ccc(OCC(F)(F)F)cc1)NCC1CCCN(CC)C1.I. The minimum absolute atomic E-state index is 0. The first-order valence-electron chi connectivity index (χ1n) is 9.92. The maximum absolute atomic E-state index is 12.2. The Morgan fingerprint density at radius 1 is 1.21 bits per heavy atom. The van der Waals surface area contributed by atoms with Crippen LogP contribution in [0.5, 0.6) is 5.75 Å². The monoisotopic (exact) mass is 528 g/mol. The van der Waals surface area contributed by atoms with Crippen LogP contribution < -0.4 is 15.4 Å². The van der Waals surface area contributed by atoms with E-state index in [2.05, 4.69) is 27.4 Å². The van der Waals surface area contributed by atoms with Crippen LogP contribution in [0.3, 0.4) is 0 Å². The van der Waals surface area contributed by atoms with Gasteiger partial charge in [0.2, 0.25) is 0 Å². The van der Waals surface area contributed by atoms with Gasteiger partial charge in [-0.25, -0.2) is 4.99 Å². The van der Waals surface area contributed by atoms with Crippen molar-refractivity contribution in [2.45, 2.75) is 39.4 Å². The molecule has 0 saturated carbocycles. The quantitative estimate of drug-likeness (QED) is 0.304. The first kappa shape index (κ1) is 25.8. The number of alkyl halides is 3. The van der Waals surface area contributed by atoms with Crippen LogP contribution in [0.4, 0.5) is 13.2 Å². The Morgan fingerprint density at radius 3 is 2.55 bits per heavy atom. The number of nitrogens with zero attached hydrogens (tertiary/aromatic N) is 2. The molecule has 0 aliphatic carbocycles. The summed E-state index contributed by atoms with van der Waals surface area (Å²) in [7, 11) is 0. The molecule has 2 rings (SSSR count). The summed E-state index contributed by atoms with van der Waals surface area (Å²) >= 11 is 0. The fourth-order valence-corrected chi connectivity index (χ4v) is 3.21. The number of halogens is 4. The third-order valence-electron chi connectivity index (χ3n) is 4.70. The van der Waals surface area contributed by atoms with Crippen molar-refractivity contribution in [3.63, 3.8) is 0 Å². The number of guanidine groups is 1. The molecule has 1 aliphatic rings. The Hall–Kier alpha value is -1.23. The Balaban J connectivity index is 0.00000420. The number of rotatable bonds is 8. The second-order valence-corrected chi connectivity index (χ2v) is 7.03. The number of aliphatic imine (C=N–C) groups is 1. The van der Waals surface area contributed by atoms with E-state index in [9.17, 15) is 13.2 Å². The summed E-state index contributed by atoms with van der Waals surface area (Å²) in [6, 6.07) is 6.55. The highest BCUT2D eigenvalue weighted by Crippen LogP contribution is 2.19. The maximum atomic E-state index is 12.2. The van der Waals surface area contributed by atoms with Crippen LogP contribution in [0.1, 0.15) is 32.3 Å². The second kappa shape index (κ2) is 13.1. The van der Waals surface area contributed by atoms with Gasteiger partial charge in [0.1, 0.15) is 5.75 Å². The minimum Gasteiger partial charge on any atom is -0.484 e. The maximum Gasteiger partial charge on any atom is 0.422 e. The van der Waals surface area contributed by atoms with Crippen LogP contribution in [-0.4, -0.2) is 56.4 Å². The van der Waals surface area contributed by atoms with Gasteiger partial charge in [0.25, 0.3) is 0 Å². The lowest BCUT2D eigenvalue weighted by Crippen LogP contribution is -2.44. The van der Waals surface area contributed by atoms with Crippen LogP contribution in [0.2, 0.25) is 0 Å². The third-order valence-corrected chi connectivity index (χ3v) is 4.70.